The van der Waals surface area contributed by atoms with Gasteiger partial charge < -0.3 is 14.7 Å². The Morgan fingerprint density at radius 1 is 0.892 bits per heavy atom. The van der Waals surface area contributed by atoms with Crippen molar-refractivity contribution in [1.82, 2.24) is 20.2 Å². The molecule has 3 aromatic rings. The first-order valence-corrected chi connectivity index (χ1v) is 14.3. The molecule has 1 aliphatic heterocycles. The predicted molar refractivity (Wildman–Crippen MR) is 143 cm³/mol. The number of aromatic nitrogens is 4. The largest absolute Gasteiger partial charge is 0.481 e. The number of carbonyl (C=O) groups is 1. The second-order valence-corrected chi connectivity index (χ2v) is 11.7. The van der Waals surface area contributed by atoms with E-state index in [1.807, 2.05) is 12.4 Å². The van der Waals surface area contributed by atoms with E-state index in [1.54, 1.807) is 11.3 Å². The van der Waals surface area contributed by atoms with Crippen LogP contribution >= 0.6 is 11.3 Å². The average molecular weight is 520 g/mol. The number of rotatable bonds is 8. The highest BCUT2D eigenvalue weighted by Crippen LogP contribution is 2.39. The summed E-state index contributed by atoms with van der Waals surface area (Å²) in [4.78, 5) is 22.8. The number of aliphatic carboxylic acids is 1. The van der Waals surface area contributed by atoms with E-state index in [0.717, 1.165) is 96.8 Å². The van der Waals surface area contributed by atoms with Crippen LogP contribution in [-0.2, 0) is 9.53 Å². The fourth-order valence-electron chi connectivity index (χ4n) is 5.32. The second kappa shape index (κ2) is 10.8. The number of benzene rings is 1. The normalized spacial score (nSPS) is 22.8. The van der Waals surface area contributed by atoms with Crippen molar-refractivity contribution in [2.45, 2.75) is 63.4 Å². The van der Waals surface area contributed by atoms with Crippen LogP contribution in [0.4, 0.5) is 5.95 Å². The maximum atomic E-state index is 11.2. The lowest BCUT2D eigenvalue weighted by molar-refractivity contribution is -0.142. The van der Waals surface area contributed by atoms with Crippen LogP contribution in [0.2, 0.25) is 0 Å². The Hall–Kier alpha value is -2.91. The van der Waals surface area contributed by atoms with Gasteiger partial charge in [0.1, 0.15) is 10.0 Å². The number of ether oxygens (including phenoxy) is 1. The molecule has 0 bridgehead atoms. The predicted octanol–water partition coefficient (Wildman–Crippen LogP) is 5.42. The van der Waals surface area contributed by atoms with Crippen LogP contribution in [0.25, 0.3) is 21.7 Å². The first-order valence-electron chi connectivity index (χ1n) is 13.5. The highest BCUT2D eigenvalue weighted by molar-refractivity contribution is 7.14. The Kier molecular flexibility index (Phi) is 7.15. The maximum absolute atomic E-state index is 11.2. The molecule has 1 saturated heterocycles. The van der Waals surface area contributed by atoms with E-state index in [1.165, 1.54) is 12.8 Å². The third kappa shape index (κ3) is 5.83. The molecule has 2 aromatic heterocycles. The number of carboxylic acid groups (broad SMARTS) is 1. The van der Waals surface area contributed by atoms with Crippen molar-refractivity contribution in [1.29, 1.82) is 0 Å². The van der Waals surface area contributed by atoms with Gasteiger partial charge in [-0.25, -0.2) is 9.97 Å². The zero-order valence-corrected chi connectivity index (χ0v) is 21.8. The minimum Gasteiger partial charge on any atom is -0.481 e. The van der Waals surface area contributed by atoms with Gasteiger partial charge in [-0.15, -0.1) is 10.2 Å². The Labute approximate surface area is 221 Å². The average Bonchev–Trinajstić information content (AvgIpc) is 3.66. The first kappa shape index (κ1) is 24.4. The molecule has 0 unspecified atom stereocenters. The van der Waals surface area contributed by atoms with Crippen LogP contribution < -0.4 is 4.90 Å². The van der Waals surface area contributed by atoms with Gasteiger partial charge in [-0.1, -0.05) is 35.6 Å². The van der Waals surface area contributed by atoms with Crippen LogP contribution in [0.3, 0.4) is 0 Å². The van der Waals surface area contributed by atoms with Gasteiger partial charge in [-0.3, -0.25) is 4.79 Å². The molecule has 37 heavy (non-hydrogen) atoms. The summed E-state index contributed by atoms with van der Waals surface area (Å²) in [6, 6.07) is 8.30. The molecule has 0 radical (unpaired) electrons. The van der Waals surface area contributed by atoms with E-state index >= 15 is 0 Å². The highest BCUT2D eigenvalue weighted by atomic mass is 32.1. The monoisotopic (exact) mass is 519 g/mol. The first-order chi connectivity index (χ1) is 18.1. The van der Waals surface area contributed by atoms with Gasteiger partial charge in [0.25, 0.3) is 0 Å². The lowest BCUT2D eigenvalue weighted by Crippen LogP contribution is -2.38. The molecule has 194 valence electrons. The third-order valence-corrected chi connectivity index (χ3v) is 9.09. The molecule has 2 aliphatic carbocycles. The molecule has 8 nitrogen and oxygen atoms in total. The molecular weight excluding hydrogens is 486 g/mol. The Morgan fingerprint density at radius 3 is 2.22 bits per heavy atom. The molecule has 3 aliphatic rings. The third-order valence-electron chi connectivity index (χ3n) is 7.96. The van der Waals surface area contributed by atoms with Gasteiger partial charge in [0, 0.05) is 49.1 Å². The summed E-state index contributed by atoms with van der Waals surface area (Å²) in [5, 5.41) is 20.0. The minimum atomic E-state index is -0.675. The Morgan fingerprint density at radius 2 is 1.57 bits per heavy atom. The summed E-state index contributed by atoms with van der Waals surface area (Å²) >= 11 is 1.62. The molecule has 0 atom stereocenters. The molecule has 0 amide bonds. The van der Waals surface area contributed by atoms with Gasteiger partial charge in [-0.2, -0.15) is 0 Å². The van der Waals surface area contributed by atoms with Crippen LogP contribution in [0, 0.1) is 11.8 Å². The van der Waals surface area contributed by atoms with E-state index in [9.17, 15) is 9.90 Å². The molecule has 2 saturated carbocycles. The maximum Gasteiger partial charge on any atom is 0.306 e. The quantitative estimate of drug-likeness (QED) is 0.421. The van der Waals surface area contributed by atoms with Crippen molar-refractivity contribution in [2.75, 3.05) is 24.6 Å². The molecule has 6 rings (SSSR count). The summed E-state index contributed by atoms with van der Waals surface area (Å²) < 4.78 is 6.06. The van der Waals surface area contributed by atoms with E-state index in [4.69, 9.17) is 4.74 Å². The number of hydrogen-bond acceptors (Lipinski definition) is 8. The number of hydrogen-bond donors (Lipinski definition) is 1. The zero-order chi connectivity index (χ0) is 25.2. The standard InChI is InChI=1S/C28H33N5O3S/c34-27(35)22-9-7-21(8-10-22)26-32-31-25(37-26)20-5-3-19(4-6-20)23-15-29-28(30-16-23)33-13-11-24(12-14-33)36-17-18-1-2-18/h3-6,15-16,18,21-22,24H,1-2,7-14,17H2,(H,34,35). The van der Waals surface area contributed by atoms with Crippen molar-refractivity contribution in [3.8, 4) is 21.7 Å². The molecule has 3 fully saturated rings. The highest BCUT2D eigenvalue weighted by Gasteiger charge is 2.29. The number of nitrogens with zero attached hydrogens (tertiary/aromatic N) is 5. The van der Waals surface area contributed by atoms with Crippen molar-refractivity contribution in [3.63, 3.8) is 0 Å². The van der Waals surface area contributed by atoms with Gasteiger partial charge in [0.05, 0.1) is 12.0 Å². The topological polar surface area (TPSA) is 101 Å². The van der Waals surface area contributed by atoms with Crippen LogP contribution in [0.1, 0.15) is 62.3 Å². The SMILES string of the molecule is O=C(O)C1CCC(c2nnc(-c3ccc(-c4cnc(N5CCC(OCC6CC6)CC5)nc4)cc3)s2)CC1. The van der Waals surface area contributed by atoms with E-state index in [-0.39, 0.29) is 5.92 Å². The molecule has 3 heterocycles. The lowest BCUT2D eigenvalue weighted by Gasteiger charge is -2.32. The molecule has 1 N–H and O–H groups in total. The van der Waals surface area contributed by atoms with Gasteiger partial charge in [0.2, 0.25) is 5.95 Å². The van der Waals surface area contributed by atoms with Crippen molar-refractivity contribution < 1.29 is 14.6 Å². The number of carboxylic acids is 1. The van der Waals surface area contributed by atoms with Gasteiger partial charge >= 0.3 is 5.97 Å². The minimum absolute atomic E-state index is 0.211. The summed E-state index contributed by atoms with van der Waals surface area (Å²) in [5.74, 6) is 1.04. The van der Waals surface area contributed by atoms with Crippen molar-refractivity contribution in [3.05, 3.63) is 41.7 Å². The van der Waals surface area contributed by atoms with Crippen LogP contribution in [0.15, 0.2) is 36.7 Å². The van der Waals surface area contributed by atoms with E-state index in [2.05, 4.69) is 49.3 Å². The second-order valence-electron chi connectivity index (χ2n) is 10.6. The molecule has 9 heteroatoms. The van der Waals surface area contributed by atoms with Crippen molar-refractivity contribution in [2.24, 2.45) is 11.8 Å². The molecular formula is C28H33N5O3S. The fourth-order valence-corrected chi connectivity index (χ4v) is 6.34. The van der Waals surface area contributed by atoms with Gasteiger partial charge in [0.15, 0.2) is 0 Å². The van der Waals surface area contributed by atoms with E-state index < -0.39 is 5.97 Å². The number of anilines is 1. The fraction of sp³-hybridized carbons (Fsp3) is 0.536. The Bertz CT molecular complexity index is 1200. The van der Waals surface area contributed by atoms with E-state index in [0.29, 0.717) is 12.0 Å². The summed E-state index contributed by atoms with van der Waals surface area (Å²) in [6.45, 7) is 2.81. The van der Waals surface area contributed by atoms with Crippen LogP contribution in [0.5, 0.6) is 0 Å². The molecule has 1 aromatic carbocycles. The summed E-state index contributed by atoms with van der Waals surface area (Å²) in [5.41, 5.74) is 3.10. The smallest absolute Gasteiger partial charge is 0.306 e. The van der Waals surface area contributed by atoms with Crippen molar-refractivity contribution >= 4 is 23.3 Å². The van der Waals surface area contributed by atoms with Gasteiger partial charge in [-0.05, 0) is 62.8 Å². The Balaban J connectivity index is 1.04. The zero-order valence-electron chi connectivity index (χ0n) is 21.0. The number of piperidine rings is 1. The summed E-state index contributed by atoms with van der Waals surface area (Å²) in [6.07, 6.45) is 12.1. The van der Waals surface area contributed by atoms with Crippen LogP contribution in [-0.4, -0.2) is 57.0 Å². The summed E-state index contributed by atoms with van der Waals surface area (Å²) in [7, 11) is 0. The lowest BCUT2D eigenvalue weighted by atomic mass is 9.82. The molecule has 0 spiro atoms.